The van der Waals surface area contributed by atoms with Gasteiger partial charge in [0.2, 0.25) is 5.91 Å². The normalized spacial score (nSPS) is 18.2. The molecule has 20 heavy (non-hydrogen) atoms. The van der Waals surface area contributed by atoms with Gasteiger partial charge in [-0.05, 0) is 40.5 Å². The number of carbonyl (C=O) groups excluding carboxylic acids is 1. The Morgan fingerprint density at radius 2 is 2.00 bits per heavy atom. The molecule has 4 nitrogen and oxygen atoms in total. The molecule has 2 N–H and O–H groups in total. The van der Waals surface area contributed by atoms with Crippen molar-refractivity contribution in [3.8, 4) is 0 Å². The van der Waals surface area contributed by atoms with Crippen molar-refractivity contribution in [2.45, 2.75) is 70.9 Å². The summed E-state index contributed by atoms with van der Waals surface area (Å²) in [6, 6.07) is 0. The van der Waals surface area contributed by atoms with Gasteiger partial charge in [-0.3, -0.25) is 4.79 Å². The Bertz CT molecular complexity index is 482. The highest BCUT2D eigenvalue weighted by Crippen LogP contribution is 2.33. The Kier molecular flexibility index (Phi) is 4.21. The third-order valence-electron chi connectivity index (χ3n) is 4.04. The second-order valence-electron chi connectivity index (χ2n) is 6.44. The van der Waals surface area contributed by atoms with E-state index in [-0.39, 0.29) is 12.3 Å². The van der Waals surface area contributed by atoms with Crippen molar-refractivity contribution < 1.29 is 9.90 Å². The average molecular weight is 296 g/mol. The predicted octanol–water partition coefficient (Wildman–Crippen LogP) is 2.81. The number of aryl methyl sites for hydroxylation is 2. The highest BCUT2D eigenvalue weighted by molar-refractivity contribution is 7.11. The Labute approximate surface area is 124 Å². The number of hydrogen-bond acceptors (Lipinski definition) is 4. The number of aromatic nitrogens is 1. The predicted molar refractivity (Wildman–Crippen MR) is 80.8 cm³/mol. The Morgan fingerprint density at radius 3 is 2.50 bits per heavy atom. The van der Waals surface area contributed by atoms with E-state index >= 15 is 0 Å². The van der Waals surface area contributed by atoms with Crippen LogP contribution in [-0.2, 0) is 10.3 Å². The molecule has 1 amide bonds. The summed E-state index contributed by atoms with van der Waals surface area (Å²) in [6.45, 7) is 7.94. The van der Waals surface area contributed by atoms with Gasteiger partial charge in [0, 0.05) is 4.88 Å². The van der Waals surface area contributed by atoms with Crippen LogP contribution in [0.25, 0.3) is 0 Å². The topological polar surface area (TPSA) is 62.2 Å². The van der Waals surface area contributed by atoms with Gasteiger partial charge >= 0.3 is 0 Å². The van der Waals surface area contributed by atoms with Crippen LogP contribution in [0, 0.1) is 13.8 Å². The van der Waals surface area contributed by atoms with Crippen LogP contribution in [-0.4, -0.2) is 21.6 Å². The molecule has 2 rings (SSSR count). The molecule has 1 aliphatic carbocycles. The zero-order valence-electron chi connectivity index (χ0n) is 12.7. The number of amides is 1. The minimum atomic E-state index is -0.797. The Balaban J connectivity index is 2.02. The SMILES string of the molecule is Cc1nc(C(C)(C)NC(=O)CC2(O)CCCC2)sc1C. The summed E-state index contributed by atoms with van der Waals surface area (Å²) in [4.78, 5) is 17.9. The minimum Gasteiger partial charge on any atom is -0.389 e. The summed E-state index contributed by atoms with van der Waals surface area (Å²) in [5, 5.41) is 14.2. The molecular weight excluding hydrogens is 272 g/mol. The van der Waals surface area contributed by atoms with Crippen molar-refractivity contribution in [1.82, 2.24) is 10.3 Å². The lowest BCUT2D eigenvalue weighted by Gasteiger charge is -2.27. The van der Waals surface area contributed by atoms with E-state index < -0.39 is 11.1 Å². The van der Waals surface area contributed by atoms with E-state index in [0.29, 0.717) is 0 Å². The quantitative estimate of drug-likeness (QED) is 0.898. The molecule has 0 spiro atoms. The molecule has 0 unspecified atom stereocenters. The smallest absolute Gasteiger partial charge is 0.223 e. The van der Waals surface area contributed by atoms with E-state index in [4.69, 9.17) is 0 Å². The standard InChI is InChI=1S/C15H24N2O2S/c1-10-11(2)20-13(16-10)14(3,4)17-12(18)9-15(19)7-5-6-8-15/h19H,5-9H2,1-4H3,(H,17,18). The maximum absolute atomic E-state index is 12.2. The zero-order chi connectivity index (χ0) is 15.0. The Morgan fingerprint density at radius 1 is 1.40 bits per heavy atom. The summed E-state index contributed by atoms with van der Waals surface area (Å²) in [6.07, 6.45) is 3.68. The molecule has 0 aliphatic heterocycles. The number of thiazole rings is 1. The number of aliphatic hydroxyl groups is 1. The molecule has 1 aromatic heterocycles. The van der Waals surface area contributed by atoms with Crippen LogP contribution in [0.2, 0.25) is 0 Å². The molecule has 0 atom stereocenters. The molecule has 1 aromatic rings. The minimum absolute atomic E-state index is 0.0927. The number of nitrogens with one attached hydrogen (secondary N) is 1. The molecule has 0 aromatic carbocycles. The monoisotopic (exact) mass is 296 g/mol. The van der Waals surface area contributed by atoms with Crippen molar-refractivity contribution in [3.05, 3.63) is 15.6 Å². The van der Waals surface area contributed by atoms with Crippen molar-refractivity contribution in [2.24, 2.45) is 0 Å². The zero-order valence-corrected chi connectivity index (χ0v) is 13.6. The van der Waals surface area contributed by atoms with Crippen LogP contribution in [0.1, 0.15) is 61.5 Å². The van der Waals surface area contributed by atoms with Gasteiger partial charge in [0.1, 0.15) is 5.01 Å². The maximum atomic E-state index is 12.2. The number of nitrogens with zero attached hydrogens (tertiary/aromatic N) is 1. The molecule has 5 heteroatoms. The largest absolute Gasteiger partial charge is 0.389 e. The second-order valence-corrected chi connectivity index (χ2v) is 7.65. The van der Waals surface area contributed by atoms with Gasteiger partial charge in [-0.1, -0.05) is 12.8 Å². The molecule has 1 saturated carbocycles. The van der Waals surface area contributed by atoms with E-state index in [1.807, 2.05) is 27.7 Å². The van der Waals surface area contributed by atoms with Gasteiger partial charge in [-0.25, -0.2) is 4.98 Å². The fourth-order valence-corrected chi connectivity index (χ4v) is 3.67. The lowest BCUT2D eigenvalue weighted by molar-refractivity contribution is -0.127. The van der Waals surface area contributed by atoms with Crippen LogP contribution < -0.4 is 5.32 Å². The first-order valence-corrected chi connectivity index (χ1v) is 8.01. The first-order chi connectivity index (χ1) is 9.22. The molecule has 0 bridgehead atoms. The van der Waals surface area contributed by atoms with Crippen LogP contribution in [0.3, 0.4) is 0 Å². The van der Waals surface area contributed by atoms with Crippen LogP contribution >= 0.6 is 11.3 Å². The third kappa shape index (κ3) is 3.38. The van der Waals surface area contributed by atoms with Crippen molar-refractivity contribution in [3.63, 3.8) is 0 Å². The molecule has 0 saturated heterocycles. The van der Waals surface area contributed by atoms with Crippen LogP contribution in [0.4, 0.5) is 0 Å². The van der Waals surface area contributed by atoms with Gasteiger partial charge < -0.3 is 10.4 Å². The lowest BCUT2D eigenvalue weighted by Crippen LogP contribution is -2.44. The van der Waals surface area contributed by atoms with Gasteiger partial charge in [0.15, 0.2) is 0 Å². The highest BCUT2D eigenvalue weighted by atomic mass is 32.1. The van der Waals surface area contributed by atoms with Gasteiger partial charge in [0.25, 0.3) is 0 Å². The first-order valence-electron chi connectivity index (χ1n) is 7.20. The van der Waals surface area contributed by atoms with Crippen molar-refractivity contribution in [1.29, 1.82) is 0 Å². The summed E-state index contributed by atoms with van der Waals surface area (Å²) >= 11 is 1.62. The van der Waals surface area contributed by atoms with Crippen LogP contribution in [0.15, 0.2) is 0 Å². The van der Waals surface area contributed by atoms with Crippen molar-refractivity contribution in [2.75, 3.05) is 0 Å². The van der Waals surface area contributed by atoms with Gasteiger partial charge in [0.05, 0.1) is 23.3 Å². The van der Waals surface area contributed by atoms with Crippen molar-refractivity contribution >= 4 is 17.2 Å². The Hall–Kier alpha value is -0.940. The number of carbonyl (C=O) groups is 1. The fraction of sp³-hybridized carbons (Fsp3) is 0.733. The number of hydrogen-bond donors (Lipinski definition) is 2. The maximum Gasteiger partial charge on any atom is 0.223 e. The lowest BCUT2D eigenvalue weighted by atomic mass is 9.96. The third-order valence-corrected chi connectivity index (χ3v) is 5.44. The van der Waals surface area contributed by atoms with Gasteiger partial charge in [-0.2, -0.15) is 0 Å². The summed E-state index contributed by atoms with van der Waals surface area (Å²) < 4.78 is 0. The highest BCUT2D eigenvalue weighted by Gasteiger charge is 2.35. The summed E-state index contributed by atoms with van der Waals surface area (Å²) in [5.41, 5.74) is -0.272. The molecular formula is C15H24N2O2S. The van der Waals surface area contributed by atoms with E-state index in [1.54, 1.807) is 11.3 Å². The summed E-state index contributed by atoms with van der Waals surface area (Å²) in [7, 11) is 0. The fourth-order valence-electron chi connectivity index (χ4n) is 2.70. The average Bonchev–Trinajstić information content (AvgIpc) is 2.86. The van der Waals surface area contributed by atoms with E-state index in [1.165, 1.54) is 4.88 Å². The molecule has 1 fully saturated rings. The molecule has 1 heterocycles. The second kappa shape index (κ2) is 5.45. The van der Waals surface area contributed by atoms with E-state index in [2.05, 4.69) is 10.3 Å². The van der Waals surface area contributed by atoms with Gasteiger partial charge in [-0.15, -0.1) is 11.3 Å². The van der Waals surface area contributed by atoms with E-state index in [0.717, 1.165) is 36.4 Å². The molecule has 0 radical (unpaired) electrons. The molecule has 1 aliphatic rings. The summed E-state index contributed by atoms with van der Waals surface area (Å²) in [5.74, 6) is -0.0927. The number of rotatable bonds is 4. The van der Waals surface area contributed by atoms with Crippen LogP contribution in [0.5, 0.6) is 0 Å². The molecule has 112 valence electrons. The first kappa shape index (κ1) is 15.4. The van der Waals surface area contributed by atoms with E-state index in [9.17, 15) is 9.90 Å².